The maximum absolute atomic E-state index is 12.2. The summed E-state index contributed by atoms with van der Waals surface area (Å²) in [5.74, 6) is -0.748. The topological polar surface area (TPSA) is 91.2 Å². The van der Waals surface area contributed by atoms with Gasteiger partial charge < -0.3 is 15.4 Å². The average Bonchev–Trinajstić information content (AvgIpc) is 2.49. The fourth-order valence-electron chi connectivity index (χ4n) is 1.78. The van der Waals surface area contributed by atoms with E-state index in [1.54, 1.807) is 6.92 Å². The van der Waals surface area contributed by atoms with E-state index in [9.17, 15) is 9.59 Å². The van der Waals surface area contributed by atoms with Gasteiger partial charge in [0.25, 0.3) is 0 Å². The van der Waals surface area contributed by atoms with Gasteiger partial charge in [0.2, 0.25) is 5.91 Å². The minimum atomic E-state index is -0.553. The molecule has 1 unspecified atom stereocenters. The Hall–Kier alpha value is -2.55. The lowest BCUT2D eigenvalue weighted by molar-refractivity contribution is -0.122. The molecule has 6 heteroatoms. The monoisotopic (exact) mass is 289 g/mol. The summed E-state index contributed by atoms with van der Waals surface area (Å²) in [5, 5.41) is 13.7. The van der Waals surface area contributed by atoms with E-state index in [0.717, 1.165) is 5.56 Å². The molecule has 1 atom stereocenters. The van der Waals surface area contributed by atoms with Crippen molar-refractivity contribution < 1.29 is 14.3 Å². The summed E-state index contributed by atoms with van der Waals surface area (Å²) in [6.07, 6.45) is -0.304. The predicted octanol–water partition coefficient (Wildman–Crippen LogP) is 1.55. The van der Waals surface area contributed by atoms with Gasteiger partial charge in [-0.2, -0.15) is 5.26 Å². The first-order valence-electron chi connectivity index (χ1n) is 6.79. The van der Waals surface area contributed by atoms with Crippen LogP contribution in [0.1, 0.15) is 24.8 Å². The van der Waals surface area contributed by atoms with Crippen LogP contribution >= 0.6 is 0 Å². The molecule has 1 aromatic rings. The van der Waals surface area contributed by atoms with Crippen molar-refractivity contribution in [2.24, 2.45) is 0 Å². The minimum Gasteiger partial charge on any atom is -0.450 e. The second-order valence-electron chi connectivity index (χ2n) is 4.26. The maximum atomic E-state index is 12.2. The molecule has 21 heavy (non-hydrogen) atoms. The third-order valence-corrected chi connectivity index (χ3v) is 2.78. The molecule has 0 aliphatic carbocycles. The smallest absolute Gasteiger partial charge is 0.407 e. The molecule has 0 saturated carbocycles. The molecule has 0 aliphatic rings. The number of nitrogens with zero attached hydrogens (tertiary/aromatic N) is 1. The second-order valence-corrected chi connectivity index (χ2v) is 4.26. The van der Waals surface area contributed by atoms with Gasteiger partial charge in [-0.15, -0.1) is 0 Å². The number of carbonyl (C=O) groups excluding carboxylic acids is 2. The largest absolute Gasteiger partial charge is 0.450 e. The molecule has 0 aromatic heterocycles. The average molecular weight is 289 g/mol. The zero-order valence-electron chi connectivity index (χ0n) is 12.0. The van der Waals surface area contributed by atoms with Crippen LogP contribution in [-0.2, 0) is 9.53 Å². The molecule has 0 saturated heterocycles. The zero-order valence-corrected chi connectivity index (χ0v) is 12.0. The van der Waals surface area contributed by atoms with E-state index in [0.29, 0.717) is 0 Å². The SMILES string of the molecule is CCOC(=O)NCC(C(=O)NCCC#N)c1ccccc1. The molecule has 1 aromatic carbocycles. The van der Waals surface area contributed by atoms with Crippen molar-refractivity contribution in [3.63, 3.8) is 0 Å². The summed E-state index contributed by atoms with van der Waals surface area (Å²) in [4.78, 5) is 23.5. The van der Waals surface area contributed by atoms with E-state index >= 15 is 0 Å². The molecule has 2 N–H and O–H groups in total. The number of benzene rings is 1. The van der Waals surface area contributed by atoms with Crippen LogP contribution < -0.4 is 10.6 Å². The summed E-state index contributed by atoms with van der Waals surface area (Å²) in [6, 6.07) is 11.1. The standard InChI is InChI=1S/C15H19N3O3/c1-2-21-15(20)18-11-13(12-7-4-3-5-8-12)14(19)17-10-6-9-16/h3-5,7-8,13H,2,6,10-11H2,1H3,(H,17,19)(H,18,20). The van der Waals surface area contributed by atoms with E-state index in [1.807, 2.05) is 36.4 Å². The quantitative estimate of drug-likeness (QED) is 0.745. The Balaban J connectivity index is 2.69. The van der Waals surface area contributed by atoms with Crippen LogP contribution in [0.2, 0.25) is 0 Å². The minimum absolute atomic E-state index is 0.140. The third kappa shape index (κ3) is 5.95. The Bertz CT molecular complexity index is 497. The summed E-state index contributed by atoms with van der Waals surface area (Å²) >= 11 is 0. The number of nitrogens with one attached hydrogen (secondary N) is 2. The first kappa shape index (κ1) is 16.5. The van der Waals surface area contributed by atoms with Crippen molar-refractivity contribution >= 4 is 12.0 Å². The van der Waals surface area contributed by atoms with Crippen molar-refractivity contribution in [2.75, 3.05) is 19.7 Å². The number of amides is 2. The molecule has 1 rings (SSSR count). The summed E-state index contributed by atoms with van der Waals surface area (Å²) in [7, 11) is 0. The van der Waals surface area contributed by atoms with Gasteiger partial charge in [-0.1, -0.05) is 30.3 Å². The number of hydrogen-bond donors (Lipinski definition) is 2. The van der Waals surface area contributed by atoms with E-state index < -0.39 is 12.0 Å². The molecule has 0 aliphatic heterocycles. The third-order valence-electron chi connectivity index (χ3n) is 2.78. The highest BCUT2D eigenvalue weighted by Gasteiger charge is 2.21. The Morgan fingerprint density at radius 2 is 2.00 bits per heavy atom. The van der Waals surface area contributed by atoms with Gasteiger partial charge >= 0.3 is 6.09 Å². The number of hydrogen-bond acceptors (Lipinski definition) is 4. The van der Waals surface area contributed by atoms with Gasteiger partial charge in [0.05, 0.1) is 25.0 Å². The molecule has 0 radical (unpaired) electrons. The van der Waals surface area contributed by atoms with Crippen LogP contribution in [0.4, 0.5) is 4.79 Å². The van der Waals surface area contributed by atoms with Crippen LogP contribution in [0, 0.1) is 11.3 Å². The number of alkyl carbamates (subject to hydrolysis) is 1. The van der Waals surface area contributed by atoms with Crippen LogP contribution in [-0.4, -0.2) is 31.7 Å². The van der Waals surface area contributed by atoms with Crippen LogP contribution in [0.5, 0.6) is 0 Å². The summed E-state index contributed by atoms with van der Waals surface area (Å²) in [5.41, 5.74) is 0.795. The Morgan fingerprint density at radius 1 is 1.29 bits per heavy atom. The van der Waals surface area contributed by atoms with E-state index in [2.05, 4.69) is 10.6 Å². The van der Waals surface area contributed by atoms with Crippen molar-refractivity contribution in [2.45, 2.75) is 19.3 Å². The Kier molecular flexibility index (Phi) is 7.36. The Labute approximate surface area is 124 Å². The predicted molar refractivity (Wildman–Crippen MR) is 77.4 cm³/mol. The highest BCUT2D eigenvalue weighted by molar-refractivity contribution is 5.84. The molecule has 2 amide bonds. The maximum Gasteiger partial charge on any atom is 0.407 e. The number of ether oxygens (including phenoxy) is 1. The molecule has 112 valence electrons. The van der Waals surface area contributed by atoms with E-state index in [1.165, 1.54) is 0 Å². The Morgan fingerprint density at radius 3 is 2.62 bits per heavy atom. The molecular formula is C15H19N3O3. The molecule has 0 fully saturated rings. The summed E-state index contributed by atoms with van der Waals surface area (Å²) < 4.78 is 4.78. The van der Waals surface area contributed by atoms with Gasteiger partial charge in [-0.25, -0.2) is 4.79 Å². The normalized spacial score (nSPS) is 11.0. The van der Waals surface area contributed by atoms with Crippen LogP contribution in [0.3, 0.4) is 0 Å². The lowest BCUT2D eigenvalue weighted by atomic mass is 9.98. The van der Waals surface area contributed by atoms with Gasteiger partial charge in [0.15, 0.2) is 0 Å². The highest BCUT2D eigenvalue weighted by Crippen LogP contribution is 2.15. The number of rotatable bonds is 7. The molecule has 6 nitrogen and oxygen atoms in total. The lowest BCUT2D eigenvalue weighted by Crippen LogP contribution is -2.38. The lowest BCUT2D eigenvalue weighted by Gasteiger charge is -2.17. The van der Waals surface area contributed by atoms with Crippen molar-refractivity contribution in [1.29, 1.82) is 5.26 Å². The van der Waals surface area contributed by atoms with Gasteiger partial charge in [-0.05, 0) is 12.5 Å². The van der Waals surface area contributed by atoms with Gasteiger partial charge in [-0.3, -0.25) is 4.79 Å². The van der Waals surface area contributed by atoms with Gasteiger partial charge in [0, 0.05) is 13.1 Å². The fraction of sp³-hybridized carbons (Fsp3) is 0.400. The number of carbonyl (C=O) groups is 2. The van der Waals surface area contributed by atoms with E-state index in [4.69, 9.17) is 10.00 Å². The summed E-state index contributed by atoms with van der Waals surface area (Å²) in [6.45, 7) is 2.42. The van der Waals surface area contributed by atoms with Crippen molar-refractivity contribution in [3.05, 3.63) is 35.9 Å². The zero-order chi connectivity index (χ0) is 15.5. The van der Waals surface area contributed by atoms with Crippen LogP contribution in [0.25, 0.3) is 0 Å². The first-order chi connectivity index (χ1) is 10.2. The first-order valence-corrected chi connectivity index (χ1v) is 6.79. The van der Waals surface area contributed by atoms with Gasteiger partial charge in [0.1, 0.15) is 0 Å². The van der Waals surface area contributed by atoms with E-state index in [-0.39, 0.29) is 32.0 Å². The fourth-order valence-corrected chi connectivity index (χ4v) is 1.78. The molecule has 0 spiro atoms. The van der Waals surface area contributed by atoms with Crippen molar-refractivity contribution in [1.82, 2.24) is 10.6 Å². The molecular weight excluding hydrogens is 270 g/mol. The van der Waals surface area contributed by atoms with Crippen molar-refractivity contribution in [3.8, 4) is 6.07 Å². The second kappa shape index (κ2) is 9.37. The highest BCUT2D eigenvalue weighted by atomic mass is 16.5. The molecule has 0 heterocycles. The molecule has 0 bridgehead atoms. The van der Waals surface area contributed by atoms with Crippen LogP contribution in [0.15, 0.2) is 30.3 Å². The number of nitriles is 1.